The van der Waals surface area contributed by atoms with E-state index in [9.17, 15) is 14.7 Å². The molecule has 1 aliphatic rings. The van der Waals surface area contributed by atoms with Crippen LogP contribution in [0.1, 0.15) is 39.2 Å². The number of benzene rings is 1. The number of amides is 1. The molecule has 0 saturated heterocycles. The number of nitrogens with zero attached hydrogens (tertiary/aromatic N) is 1. The van der Waals surface area contributed by atoms with Gasteiger partial charge < -0.3 is 14.6 Å². The van der Waals surface area contributed by atoms with Crippen molar-refractivity contribution in [2.45, 2.75) is 57.9 Å². The Balaban J connectivity index is 1.88. The van der Waals surface area contributed by atoms with E-state index in [0.717, 1.165) is 5.56 Å². The molecule has 1 aromatic carbocycles. The van der Waals surface area contributed by atoms with Gasteiger partial charge in [0, 0.05) is 6.54 Å². The number of carboxylic acid groups (broad SMARTS) is 1. The molecule has 0 fully saturated rings. The van der Waals surface area contributed by atoms with E-state index in [0.29, 0.717) is 19.4 Å². The van der Waals surface area contributed by atoms with Gasteiger partial charge in [0.2, 0.25) is 0 Å². The zero-order valence-electron chi connectivity index (χ0n) is 15.6. The van der Waals surface area contributed by atoms with E-state index in [1.165, 1.54) is 4.90 Å². The molecular weight excluding hydrogens is 334 g/mol. The van der Waals surface area contributed by atoms with Gasteiger partial charge in [0.1, 0.15) is 12.2 Å². The SMILES string of the molecule is CC(C)(C)OC(=O)COC1C=CC(N(Cc2ccccc2)C(=O)O)CC1. The van der Waals surface area contributed by atoms with Crippen molar-refractivity contribution >= 4 is 12.1 Å². The molecule has 0 saturated carbocycles. The minimum Gasteiger partial charge on any atom is -0.465 e. The van der Waals surface area contributed by atoms with Crippen LogP contribution in [-0.2, 0) is 20.8 Å². The highest BCUT2D eigenvalue weighted by Crippen LogP contribution is 2.21. The highest BCUT2D eigenvalue weighted by Gasteiger charge is 2.26. The van der Waals surface area contributed by atoms with Crippen LogP contribution in [0.2, 0.25) is 0 Å². The van der Waals surface area contributed by atoms with E-state index in [4.69, 9.17) is 9.47 Å². The van der Waals surface area contributed by atoms with Crippen LogP contribution in [-0.4, -0.2) is 46.4 Å². The number of ether oxygens (including phenoxy) is 2. The van der Waals surface area contributed by atoms with Crippen LogP contribution in [0.4, 0.5) is 4.79 Å². The van der Waals surface area contributed by atoms with E-state index in [1.54, 1.807) is 0 Å². The number of esters is 1. The maximum absolute atomic E-state index is 11.7. The molecule has 6 nitrogen and oxygen atoms in total. The molecule has 2 unspecified atom stereocenters. The van der Waals surface area contributed by atoms with Gasteiger partial charge in [-0.15, -0.1) is 0 Å². The third kappa shape index (κ3) is 6.52. The monoisotopic (exact) mass is 361 g/mol. The summed E-state index contributed by atoms with van der Waals surface area (Å²) in [7, 11) is 0. The van der Waals surface area contributed by atoms with E-state index in [2.05, 4.69) is 0 Å². The Kier molecular flexibility index (Phi) is 6.80. The first kappa shape index (κ1) is 20.0. The predicted octanol–water partition coefficient (Wildman–Crippen LogP) is 3.61. The fraction of sp³-hybridized carbons (Fsp3) is 0.500. The largest absolute Gasteiger partial charge is 0.465 e. The molecule has 0 aliphatic heterocycles. The van der Waals surface area contributed by atoms with Crippen molar-refractivity contribution in [2.24, 2.45) is 0 Å². The van der Waals surface area contributed by atoms with E-state index < -0.39 is 17.7 Å². The van der Waals surface area contributed by atoms with Gasteiger partial charge in [0.25, 0.3) is 0 Å². The molecule has 0 spiro atoms. The fourth-order valence-corrected chi connectivity index (χ4v) is 2.83. The first-order valence-electron chi connectivity index (χ1n) is 8.80. The van der Waals surface area contributed by atoms with E-state index >= 15 is 0 Å². The van der Waals surface area contributed by atoms with Crippen LogP contribution in [0.3, 0.4) is 0 Å². The Labute approximate surface area is 154 Å². The minimum absolute atomic E-state index is 0.108. The lowest BCUT2D eigenvalue weighted by atomic mass is 9.99. The Morgan fingerprint density at radius 2 is 1.85 bits per heavy atom. The Morgan fingerprint density at radius 1 is 1.15 bits per heavy atom. The molecule has 1 aliphatic carbocycles. The molecule has 1 aromatic rings. The molecular formula is C20H27NO5. The fourth-order valence-electron chi connectivity index (χ4n) is 2.83. The number of carbonyl (C=O) groups is 2. The highest BCUT2D eigenvalue weighted by molar-refractivity contribution is 5.71. The van der Waals surface area contributed by atoms with Crippen LogP contribution in [0.15, 0.2) is 42.5 Å². The molecule has 0 aromatic heterocycles. The molecule has 0 radical (unpaired) electrons. The normalized spacial score (nSPS) is 19.8. The van der Waals surface area contributed by atoms with Crippen molar-refractivity contribution in [1.29, 1.82) is 0 Å². The van der Waals surface area contributed by atoms with Gasteiger partial charge in [0.05, 0.1) is 12.1 Å². The Morgan fingerprint density at radius 3 is 2.38 bits per heavy atom. The van der Waals surface area contributed by atoms with Gasteiger partial charge in [-0.2, -0.15) is 0 Å². The van der Waals surface area contributed by atoms with Crippen LogP contribution in [0.25, 0.3) is 0 Å². The lowest BCUT2D eigenvalue weighted by Crippen LogP contribution is -2.40. The summed E-state index contributed by atoms with van der Waals surface area (Å²) in [6.45, 7) is 5.66. The summed E-state index contributed by atoms with van der Waals surface area (Å²) in [6.07, 6.45) is 3.83. The summed E-state index contributed by atoms with van der Waals surface area (Å²) in [4.78, 5) is 24.8. The number of hydrogen-bond donors (Lipinski definition) is 1. The summed E-state index contributed by atoms with van der Waals surface area (Å²) < 4.78 is 10.8. The van der Waals surface area contributed by atoms with Gasteiger partial charge in [-0.25, -0.2) is 9.59 Å². The molecule has 26 heavy (non-hydrogen) atoms. The highest BCUT2D eigenvalue weighted by atomic mass is 16.6. The average Bonchev–Trinajstić information content (AvgIpc) is 2.58. The summed E-state index contributed by atoms with van der Waals surface area (Å²) in [6, 6.07) is 9.32. The first-order chi connectivity index (χ1) is 12.2. The maximum atomic E-state index is 11.7. The smallest absolute Gasteiger partial charge is 0.408 e. The van der Waals surface area contributed by atoms with Crippen molar-refractivity contribution in [3.05, 3.63) is 48.0 Å². The third-order valence-electron chi connectivity index (χ3n) is 3.97. The quantitative estimate of drug-likeness (QED) is 0.619. The van der Waals surface area contributed by atoms with Gasteiger partial charge in [-0.3, -0.25) is 4.90 Å². The van der Waals surface area contributed by atoms with Crippen molar-refractivity contribution < 1.29 is 24.2 Å². The summed E-state index contributed by atoms with van der Waals surface area (Å²) in [5.41, 5.74) is 0.416. The van der Waals surface area contributed by atoms with Gasteiger partial charge >= 0.3 is 12.1 Å². The molecule has 142 valence electrons. The average molecular weight is 361 g/mol. The van der Waals surface area contributed by atoms with Crippen LogP contribution in [0, 0.1) is 0 Å². The second-order valence-corrected chi connectivity index (χ2v) is 7.36. The minimum atomic E-state index is -0.948. The lowest BCUT2D eigenvalue weighted by Gasteiger charge is -2.31. The second kappa shape index (κ2) is 8.85. The van der Waals surface area contributed by atoms with Gasteiger partial charge in [-0.05, 0) is 39.2 Å². The first-order valence-corrected chi connectivity index (χ1v) is 8.80. The molecule has 6 heteroatoms. The lowest BCUT2D eigenvalue weighted by molar-refractivity contribution is -0.161. The maximum Gasteiger partial charge on any atom is 0.408 e. The Hall–Kier alpha value is -2.34. The zero-order chi connectivity index (χ0) is 19.2. The molecule has 1 N–H and O–H groups in total. The summed E-state index contributed by atoms with van der Waals surface area (Å²) >= 11 is 0. The zero-order valence-corrected chi connectivity index (χ0v) is 15.6. The van der Waals surface area contributed by atoms with Crippen LogP contribution in [0.5, 0.6) is 0 Å². The van der Waals surface area contributed by atoms with Crippen LogP contribution >= 0.6 is 0 Å². The van der Waals surface area contributed by atoms with Crippen molar-refractivity contribution in [1.82, 2.24) is 4.90 Å². The summed E-state index contributed by atoms with van der Waals surface area (Å²) in [5, 5.41) is 9.54. The van der Waals surface area contributed by atoms with Crippen molar-refractivity contribution in [3.8, 4) is 0 Å². The number of carbonyl (C=O) groups excluding carboxylic acids is 1. The molecule has 2 atom stereocenters. The van der Waals surface area contributed by atoms with Gasteiger partial charge in [0.15, 0.2) is 0 Å². The Bertz CT molecular complexity index is 635. The van der Waals surface area contributed by atoms with Crippen molar-refractivity contribution in [2.75, 3.05) is 6.61 Å². The molecule has 1 amide bonds. The number of rotatable bonds is 6. The second-order valence-electron chi connectivity index (χ2n) is 7.36. The molecule has 2 rings (SSSR count). The standard InChI is InChI=1S/C20H27NO5/c1-20(2,3)26-18(22)14-25-17-11-9-16(10-12-17)21(19(23)24)13-15-7-5-4-6-8-15/h4-9,11,16-17H,10,12-14H2,1-3H3,(H,23,24). The molecule has 0 heterocycles. The van der Waals surface area contributed by atoms with E-state index in [1.807, 2.05) is 63.3 Å². The van der Waals surface area contributed by atoms with Crippen molar-refractivity contribution in [3.63, 3.8) is 0 Å². The topological polar surface area (TPSA) is 76.1 Å². The van der Waals surface area contributed by atoms with Crippen LogP contribution < -0.4 is 0 Å². The predicted molar refractivity (Wildman–Crippen MR) is 97.8 cm³/mol. The van der Waals surface area contributed by atoms with E-state index in [-0.39, 0.29) is 18.8 Å². The third-order valence-corrected chi connectivity index (χ3v) is 3.97. The number of hydrogen-bond acceptors (Lipinski definition) is 4. The molecule has 0 bridgehead atoms. The summed E-state index contributed by atoms with van der Waals surface area (Å²) in [5.74, 6) is -0.399. The van der Waals surface area contributed by atoms with Gasteiger partial charge in [-0.1, -0.05) is 42.5 Å².